The van der Waals surface area contributed by atoms with Gasteiger partial charge in [-0.05, 0) is 32.4 Å². The molecular weight excluding hydrogens is 222 g/mol. The molecule has 0 aliphatic rings. The van der Waals surface area contributed by atoms with Crippen LogP contribution in [0.15, 0.2) is 21.3 Å². The lowest BCUT2D eigenvalue weighted by Crippen LogP contribution is -2.11. The maximum absolute atomic E-state index is 11.7. The summed E-state index contributed by atoms with van der Waals surface area (Å²) in [6.45, 7) is 5.32. The topological polar surface area (TPSA) is 72.6 Å². The van der Waals surface area contributed by atoms with Gasteiger partial charge in [-0.3, -0.25) is 0 Å². The Morgan fingerprint density at radius 2 is 2.12 bits per heavy atom. The number of hydrogen-bond acceptors (Lipinski definition) is 5. The predicted molar refractivity (Wildman–Crippen MR) is 62.4 cm³/mol. The van der Waals surface area contributed by atoms with E-state index in [1.807, 2.05) is 0 Å². The van der Waals surface area contributed by atoms with Crippen LogP contribution >= 0.6 is 0 Å². The van der Waals surface area contributed by atoms with Crippen LogP contribution in [0.2, 0.25) is 0 Å². The second-order valence-electron chi connectivity index (χ2n) is 4.09. The van der Waals surface area contributed by atoms with Crippen LogP contribution in [0, 0.1) is 6.92 Å². The Bertz CT molecular complexity index is 616. The van der Waals surface area contributed by atoms with E-state index < -0.39 is 5.63 Å². The first-order valence-electron chi connectivity index (χ1n) is 5.28. The van der Waals surface area contributed by atoms with Gasteiger partial charge >= 0.3 is 11.7 Å². The zero-order valence-corrected chi connectivity index (χ0v) is 9.85. The van der Waals surface area contributed by atoms with Gasteiger partial charge in [0.05, 0.1) is 17.0 Å². The SMILES string of the molecule is Cc1cc(O)cc2nc(OC(C)C)oc(=O)c12. The maximum Gasteiger partial charge on any atom is 0.397 e. The first-order valence-corrected chi connectivity index (χ1v) is 5.28. The largest absolute Gasteiger partial charge is 0.508 e. The second kappa shape index (κ2) is 4.08. The molecular formula is C12H13NO4. The molecule has 0 aliphatic heterocycles. The van der Waals surface area contributed by atoms with Crippen LogP contribution in [-0.4, -0.2) is 16.2 Å². The summed E-state index contributed by atoms with van der Waals surface area (Å²) in [6.07, 6.45) is -0.219. The van der Waals surface area contributed by atoms with Gasteiger partial charge in [0.15, 0.2) is 0 Å². The smallest absolute Gasteiger partial charge is 0.397 e. The Morgan fingerprint density at radius 3 is 2.76 bits per heavy atom. The first-order chi connectivity index (χ1) is 7.97. The molecule has 0 saturated carbocycles. The third kappa shape index (κ3) is 2.22. The zero-order valence-electron chi connectivity index (χ0n) is 9.85. The average Bonchev–Trinajstić information content (AvgIpc) is 2.13. The molecule has 0 radical (unpaired) electrons. The summed E-state index contributed by atoms with van der Waals surface area (Å²) in [7, 11) is 0. The van der Waals surface area contributed by atoms with E-state index in [9.17, 15) is 9.90 Å². The van der Waals surface area contributed by atoms with Crippen molar-refractivity contribution in [2.75, 3.05) is 0 Å². The molecule has 1 aromatic heterocycles. The van der Waals surface area contributed by atoms with E-state index in [-0.39, 0.29) is 17.9 Å². The average molecular weight is 235 g/mol. The van der Waals surface area contributed by atoms with Crippen molar-refractivity contribution in [3.05, 3.63) is 28.1 Å². The number of aromatic nitrogens is 1. The molecule has 1 heterocycles. The summed E-state index contributed by atoms with van der Waals surface area (Å²) in [6, 6.07) is 2.90. The molecule has 17 heavy (non-hydrogen) atoms. The van der Waals surface area contributed by atoms with Gasteiger partial charge in [0.2, 0.25) is 0 Å². The van der Waals surface area contributed by atoms with Crippen LogP contribution in [0.4, 0.5) is 0 Å². The van der Waals surface area contributed by atoms with Gasteiger partial charge in [-0.25, -0.2) is 4.79 Å². The number of phenolic OH excluding ortho intramolecular Hbond substituents is 1. The number of rotatable bonds is 2. The minimum Gasteiger partial charge on any atom is -0.508 e. The summed E-state index contributed by atoms with van der Waals surface area (Å²) in [5, 5.41) is 9.82. The van der Waals surface area contributed by atoms with Crippen molar-refractivity contribution >= 4 is 10.9 Å². The molecule has 1 N–H and O–H groups in total. The summed E-state index contributed by atoms with van der Waals surface area (Å²) in [5.41, 5.74) is 0.481. The van der Waals surface area contributed by atoms with Gasteiger partial charge in [-0.1, -0.05) is 0 Å². The van der Waals surface area contributed by atoms with Gasteiger partial charge in [0.25, 0.3) is 0 Å². The van der Waals surface area contributed by atoms with E-state index in [2.05, 4.69) is 4.98 Å². The van der Waals surface area contributed by atoms with Crippen molar-refractivity contribution in [2.24, 2.45) is 0 Å². The number of phenols is 1. The number of fused-ring (bicyclic) bond motifs is 1. The Labute approximate surface area is 97.7 Å². The highest BCUT2D eigenvalue weighted by molar-refractivity contribution is 5.82. The van der Waals surface area contributed by atoms with Gasteiger partial charge in [-0.2, -0.15) is 4.98 Å². The second-order valence-corrected chi connectivity index (χ2v) is 4.09. The Hall–Kier alpha value is -2.04. The third-order valence-electron chi connectivity index (χ3n) is 2.23. The molecule has 5 nitrogen and oxygen atoms in total. The van der Waals surface area contributed by atoms with E-state index in [0.717, 1.165) is 0 Å². The Balaban J connectivity index is 2.69. The van der Waals surface area contributed by atoms with Crippen molar-refractivity contribution in [1.29, 1.82) is 0 Å². The van der Waals surface area contributed by atoms with Crippen LogP contribution in [-0.2, 0) is 0 Å². The summed E-state index contributed by atoms with van der Waals surface area (Å²) < 4.78 is 10.2. The molecule has 2 rings (SSSR count). The lowest BCUT2D eigenvalue weighted by molar-refractivity contribution is 0.166. The number of benzene rings is 1. The fourth-order valence-corrected chi connectivity index (χ4v) is 1.61. The molecule has 0 fully saturated rings. The first kappa shape index (κ1) is 11.4. The van der Waals surface area contributed by atoms with Crippen LogP contribution in [0.25, 0.3) is 10.9 Å². The van der Waals surface area contributed by atoms with Crippen LogP contribution < -0.4 is 10.4 Å². The fraction of sp³-hybridized carbons (Fsp3) is 0.333. The van der Waals surface area contributed by atoms with Crippen molar-refractivity contribution < 1.29 is 14.3 Å². The van der Waals surface area contributed by atoms with E-state index in [1.54, 1.807) is 20.8 Å². The normalized spacial score (nSPS) is 11.1. The Kier molecular flexibility index (Phi) is 2.75. The number of nitrogens with zero attached hydrogens (tertiary/aromatic N) is 1. The lowest BCUT2D eigenvalue weighted by atomic mass is 10.1. The van der Waals surface area contributed by atoms with E-state index >= 15 is 0 Å². The molecule has 90 valence electrons. The van der Waals surface area contributed by atoms with Crippen LogP contribution in [0.1, 0.15) is 19.4 Å². The van der Waals surface area contributed by atoms with Gasteiger partial charge in [-0.15, -0.1) is 0 Å². The Morgan fingerprint density at radius 1 is 1.41 bits per heavy atom. The molecule has 0 amide bonds. The highest BCUT2D eigenvalue weighted by atomic mass is 16.6. The standard InChI is InChI=1S/C12H13NO4/c1-6(2)16-12-13-9-5-8(14)4-7(3)10(9)11(15)17-12/h4-6,14H,1-3H3. The monoisotopic (exact) mass is 235 g/mol. The molecule has 0 aliphatic carbocycles. The maximum atomic E-state index is 11.7. The van der Waals surface area contributed by atoms with Crippen molar-refractivity contribution in [3.8, 4) is 11.8 Å². The molecule has 2 aromatic rings. The molecule has 0 unspecified atom stereocenters. The van der Waals surface area contributed by atoms with Crippen molar-refractivity contribution in [1.82, 2.24) is 4.98 Å². The molecule has 5 heteroatoms. The minimum atomic E-state index is -0.511. The molecule has 0 atom stereocenters. The van der Waals surface area contributed by atoms with Crippen LogP contribution in [0.3, 0.4) is 0 Å². The molecule has 1 aromatic carbocycles. The van der Waals surface area contributed by atoms with E-state index in [0.29, 0.717) is 16.5 Å². The predicted octanol–water partition coefficient (Wildman–Crippen LogP) is 1.99. The highest BCUT2D eigenvalue weighted by Crippen LogP contribution is 2.22. The highest BCUT2D eigenvalue weighted by Gasteiger charge is 2.11. The minimum absolute atomic E-state index is 0.0589. The quantitative estimate of drug-likeness (QED) is 0.861. The lowest BCUT2D eigenvalue weighted by Gasteiger charge is -2.07. The third-order valence-corrected chi connectivity index (χ3v) is 2.23. The van der Waals surface area contributed by atoms with Crippen molar-refractivity contribution in [2.45, 2.75) is 26.9 Å². The number of ether oxygens (including phenoxy) is 1. The van der Waals surface area contributed by atoms with Gasteiger partial charge in [0.1, 0.15) is 5.75 Å². The van der Waals surface area contributed by atoms with Crippen LogP contribution in [0.5, 0.6) is 11.8 Å². The summed E-state index contributed by atoms with van der Waals surface area (Å²) in [5.74, 6) is 0.0589. The van der Waals surface area contributed by atoms with Crippen molar-refractivity contribution in [3.63, 3.8) is 0 Å². The fourth-order valence-electron chi connectivity index (χ4n) is 1.61. The van der Waals surface area contributed by atoms with E-state index in [4.69, 9.17) is 9.15 Å². The number of hydrogen-bond donors (Lipinski definition) is 1. The molecule has 0 bridgehead atoms. The molecule has 0 spiro atoms. The number of aromatic hydroxyl groups is 1. The zero-order chi connectivity index (χ0) is 12.6. The van der Waals surface area contributed by atoms with Gasteiger partial charge in [0, 0.05) is 6.07 Å². The molecule has 0 saturated heterocycles. The van der Waals surface area contributed by atoms with Gasteiger partial charge < -0.3 is 14.3 Å². The number of aryl methyl sites for hydroxylation is 1. The summed E-state index contributed by atoms with van der Waals surface area (Å²) in [4.78, 5) is 15.8. The summed E-state index contributed by atoms with van der Waals surface area (Å²) >= 11 is 0. The van der Waals surface area contributed by atoms with E-state index in [1.165, 1.54) is 12.1 Å².